The highest BCUT2D eigenvalue weighted by Crippen LogP contribution is 2.03. The first-order valence-corrected chi connectivity index (χ1v) is 8.07. The van der Waals surface area contributed by atoms with Crippen molar-refractivity contribution in [3.05, 3.63) is 35.9 Å². The molecule has 1 aromatic rings. The van der Waals surface area contributed by atoms with Crippen molar-refractivity contribution in [2.45, 2.75) is 0 Å². The van der Waals surface area contributed by atoms with Gasteiger partial charge in [-0.25, -0.2) is 13.4 Å². The topological polar surface area (TPSA) is 81.8 Å². The van der Waals surface area contributed by atoms with Crippen LogP contribution in [0.1, 0.15) is 5.56 Å². The highest BCUT2D eigenvalue weighted by atomic mass is 32.2. The van der Waals surface area contributed by atoms with E-state index < -0.39 is 21.7 Å². The summed E-state index contributed by atoms with van der Waals surface area (Å²) < 4.78 is 23.2. The van der Waals surface area contributed by atoms with Gasteiger partial charge >= 0.3 is 0 Å². The van der Waals surface area contributed by atoms with Crippen molar-refractivity contribution in [2.75, 3.05) is 26.9 Å². The van der Waals surface area contributed by atoms with Crippen LogP contribution in [-0.4, -0.2) is 56.2 Å². The number of sulfonamides is 1. The molecule has 0 bridgehead atoms. The molecule has 116 valence electrons. The monoisotopic (exact) mass is 330 g/mol. The van der Waals surface area contributed by atoms with Crippen molar-refractivity contribution in [3.63, 3.8) is 0 Å². The second-order valence-electron chi connectivity index (χ2n) is 4.51. The molecule has 0 aliphatic carbocycles. The van der Waals surface area contributed by atoms with E-state index in [1.54, 1.807) is 19.2 Å². The maximum absolute atomic E-state index is 11.7. The molecule has 2 N–H and O–H groups in total. The van der Waals surface area contributed by atoms with Crippen molar-refractivity contribution >= 4 is 33.1 Å². The SMILES string of the molecule is CN(C)NS(=O)(=O)CC(=O)NN(C)C(=S)c1ccccc1. The van der Waals surface area contributed by atoms with Gasteiger partial charge in [0, 0.05) is 26.7 Å². The van der Waals surface area contributed by atoms with Gasteiger partial charge in [-0.2, -0.15) is 0 Å². The molecule has 21 heavy (non-hydrogen) atoms. The molecule has 1 rings (SSSR count). The number of rotatable bonds is 5. The smallest absolute Gasteiger partial charge is 0.255 e. The molecule has 0 saturated heterocycles. The zero-order valence-corrected chi connectivity index (χ0v) is 13.7. The number of hydrogen-bond acceptors (Lipinski definition) is 5. The fourth-order valence-corrected chi connectivity index (χ4v) is 2.74. The predicted molar refractivity (Wildman–Crippen MR) is 84.7 cm³/mol. The number of nitrogens with zero attached hydrogens (tertiary/aromatic N) is 2. The Morgan fingerprint density at radius 3 is 2.29 bits per heavy atom. The number of carbonyl (C=O) groups excluding carboxylic acids is 1. The number of nitrogens with one attached hydrogen (secondary N) is 2. The Labute approximate surface area is 129 Å². The van der Waals surface area contributed by atoms with Crippen LogP contribution in [0.5, 0.6) is 0 Å². The second kappa shape index (κ2) is 7.46. The summed E-state index contributed by atoms with van der Waals surface area (Å²) in [6.07, 6.45) is 0. The van der Waals surface area contributed by atoms with E-state index in [0.29, 0.717) is 4.99 Å². The van der Waals surface area contributed by atoms with Crippen LogP contribution in [0.4, 0.5) is 0 Å². The molecule has 0 aliphatic rings. The van der Waals surface area contributed by atoms with Gasteiger partial charge in [-0.05, 0) is 0 Å². The maximum atomic E-state index is 11.7. The lowest BCUT2D eigenvalue weighted by molar-refractivity contribution is -0.121. The summed E-state index contributed by atoms with van der Waals surface area (Å²) in [6, 6.07) is 9.10. The summed E-state index contributed by atoms with van der Waals surface area (Å²) in [4.78, 5) is 14.3. The zero-order valence-electron chi connectivity index (χ0n) is 12.0. The quantitative estimate of drug-likeness (QED) is 0.571. The van der Waals surface area contributed by atoms with Gasteiger partial charge in [0.2, 0.25) is 10.0 Å². The molecule has 0 unspecified atom stereocenters. The summed E-state index contributed by atoms with van der Waals surface area (Å²) in [5.74, 6) is -1.36. The lowest BCUT2D eigenvalue weighted by Crippen LogP contribution is -2.48. The third kappa shape index (κ3) is 6.17. The van der Waals surface area contributed by atoms with Gasteiger partial charge in [-0.3, -0.25) is 15.2 Å². The lowest BCUT2D eigenvalue weighted by atomic mass is 10.2. The number of amides is 1. The fraction of sp³-hybridized carbons (Fsp3) is 0.333. The predicted octanol–water partition coefficient (Wildman–Crippen LogP) is -0.279. The van der Waals surface area contributed by atoms with Crippen LogP contribution in [0.15, 0.2) is 30.3 Å². The summed E-state index contributed by atoms with van der Waals surface area (Å²) in [6.45, 7) is 0. The molecule has 0 aliphatic heterocycles. The minimum absolute atomic E-state index is 0.391. The van der Waals surface area contributed by atoms with Crippen molar-refractivity contribution in [1.82, 2.24) is 20.3 Å². The largest absolute Gasteiger partial charge is 0.277 e. The van der Waals surface area contributed by atoms with Crippen LogP contribution in [0.2, 0.25) is 0 Å². The zero-order chi connectivity index (χ0) is 16.0. The van der Waals surface area contributed by atoms with Gasteiger partial charge in [0.1, 0.15) is 10.7 Å². The number of benzene rings is 1. The molecule has 0 radical (unpaired) electrons. The van der Waals surface area contributed by atoms with E-state index in [2.05, 4.69) is 10.3 Å². The highest BCUT2D eigenvalue weighted by molar-refractivity contribution is 7.90. The van der Waals surface area contributed by atoms with E-state index in [9.17, 15) is 13.2 Å². The Morgan fingerprint density at radius 2 is 1.76 bits per heavy atom. The highest BCUT2D eigenvalue weighted by Gasteiger charge is 2.19. The fourth-order valence-electron chi connectivity index (χ4n) is 1.53. The van der Waals surface area contributed by atoms with Crippen molar-refractivity contribution in [2.24, 2.45) is 0 Å². The maximum Gasteiger partial charge on any atom is 0.255 e. The van der Waals surface area contributed by atoms with Crippen LogP contribution < -0.4 is 10.3 Å². The molecule has 7 nitrogen and oxygen atoms in total. The molecule has 0 saturated carbocycles. The van der Waals surface area contributed by atoms with E-state index >= 15 is 0 Å². The average molecular weight is 330 g/mol. The van der Waals surface area contributed by atoms with Gasteiger partial charge < -0.3 is 0 Å². The van der Waals surface area contributed by atoms with E-state index in [0.717, 1.165) is 5.56 Å². The first kappa shape index (κ1) is 17.5. The van der Waals surface area contributed by atoms with Gasteiger partial charge in [0.25, 0.3) is 5.91 Å². The second-order valence-corrected chi connectivity index (χ2v) is 6.60. The molecule has 0 aromatic heterocycles. The molecular formula is C12H18N4O3S2. The summed E-state index contributed by atoms with van der Waals surface area (Å²) in [5.41, 5.74) is 3.18. The molecule has 0 atom stereocenters. The van der Waals surface area contributed by atoms with E-state index in [4.69, 9.17) is 12.2 Å². The van der Waals surface area contributed by atoms with E-state index in [1.807, 2.05) is 18.2 Å². The number of carbonyl (C=O) groups is 1. The Morgan fingerprint density at radius 1 is 1.19 bits per heavy atom. The van der Waals surface area contributed by atoms with Crippen LogP contribution in [0, 0.1) is 0 Å². The normalized spacial score (nSPS) is 11.2. The van der Waals surface area contributed by atoms with Crippen LogP contribution in [0.25, 0.3) is 0 Å². The molecule has 1 amide bonds. The Balaban J connectivity index is 2.61. The minimum atomic E-state index is -3.72. The Bertz CT molecular complexity index is 602. The first-order chi connectivity index (χ1) is 9.71. The minimum Gasteiger partial charge on any atom is -0.277 e. The van der Waals surface area contributed by atoms with Crippen molar-refractivity contribution < 1.29 is 13.2 Å². The summed E-state index contributed by atoms with van der Waals surface area (Å²) >= 11 is 5.21. The molecule has 9 heteroatoms. The number of hydrazine groups is 2. The van der Waals surface area contributed by atoms with E-state index in [-0.39, 0.29) is 0 Å². The van der Waals surface area contributed by atoms with Gasteiger partial charge in [0.05, 0.1) is 0 Å². The number of thiocarbonyl (C=S) groups is 1. The van der Waals surface area contributed by atoms with Crippen molar-refractivity contribution in [1.29, 1.82) is 0 Å². The first-order valence-electron chi connectivity index (χ1n) is 6.01. The van der Waals surface area contributed by atoms with Gasteiger partial charge in [0.15, 0.2) is 0 Å². The molecular weight excluding hydrogens is 312 g/mol. The van der Waals surface area contributed by atoms with Crippen LogP contribution >= 0.6 is 12.2 Å². The van der Waals surface area contributed by atoms with Crippen LogP contribution in [0.3, 0.4) is 0 Å². The Hall–Kier alpha value is -1.55. The van der Waals surface area contributed by atoms with Crippen molar-refractivity contribution in [3.8, 4) is 0 Å². The molecule has 0 fully saturated rings. The summed E-state index contributed by atoms with van der Waals surface area (Å²) in [7, 11) is 0.873. The number of hydrogen-bond donors (Lipinski definition) is 2. The molecule has 0 spiro atoms. The van der Waals surface area contributed by atoms with E-state index in [1.165, 1.54) is 24.1 Å². The third-order valence-electron chi connectivity index (χ3n) is 2.26. The van der Waals surface area contributed by atoms with Gasteiger partial charge in [-0.15, -0.1) is 4.83 Å². The molecule has 1 aromatic carbocycles. The summed E-state index contributed by atoms with van der Waals surface area (Å²) in [5, 5.41) is 2.57. The average Bonchev–Trinajstić information content (AvgIpc) is 2.36. The van der Waals surface area contributed by atoms with Crippen LogP contribution in [-0.2, 0) is 14.8 Å². The lowest BCUT2D eigenvalue weighted by Gasteiger charge is -2.21. The standard InChI is InChI=1S/C12H18N4O3S2/c1-15(2)14-21(18,19)9-11(17)13-16(3)12(20)10-7-5-4-6-8-10/h4-8,14H,9H2,1-3H3,(H,13,17). The third-order valence-corrected chi connectivity index (χ3v) is 4.06. The molecule has 0 heterocycles. The van der Waals surface area contributed by atoms with Gasteiger partial charge in [-0.1, -0.05) is 42.5 Å². The Kier molecular flexibility index (Phi) is 6.21.